The zero-order chi connectivity index (χ0) is 17.6. The summed E-state index contributed by atoms with van der Waals surface area (Å²) in [5.74, 6) is 0.667. The van der Waals surface area contributed by atoms with Gasteiger partial charge in [-0.1, -0.05) is 41.9 Å². The number of nitriles is 1. The average molecular weight is 355 g/mol. The van der Waals surface area contributed by atoms with E-state index in [9.17, 15) is 5.11 Å². The molecule has 2 aromatic carbocycles. The fourth-order valence-electron chi connectivity index (χ4n) is 3.56. The van der Waals surface area contributed by atoms with Crippen LogP contribution in [-0.4, -0.2) is 23.1 Å². The van der Waals surface area contributed by atoms with E-state index in [1.807, 2.05) is 24.3 Å². The van der Waals surface area contributed by atoms with Gasteiger partial charge in [-0.3, -0.25) is 4.90 Å². The van der Waals surface area contributed by atoms with Crippen LogP contribution in [0.15, 0.2) is 42.5 Å². The van der Waals surface area contributed by atoms with E-state index in [0.717, 1.165) is 50.0 Å². The van der Waals surface area contributed by atoms with E-state index in [1.54, 1.807) is 6.07 Å². The molecule has 4 heteroatoms. The van der Waals surface area contributed by atoms with Gasteiger partial charge in [0, 0.05) is 11.6 Å². The van der Waals surface area contributed by atoms with Crippen molar-refractivity contribution in [3.63, 3.8) is 0 Å². The number of hydrogen-bond donors (Lipinski definition) is 1. The van der Waals surface area contributed by atoms with Gasteiger partial charge in [0.2, 0.25) is 0 Å². The van der Waals surface area contributed by atoms with Crippen LogP contribution in [0, 0.1) is 17.2 Å². The molecule has 3 nitrogen and oxygen atoms in total. The van der Waals surface area contributed by atoms with Gasteiger partial charge in [0.15, 0.2) is 0 Å². The zero-order valence-corrected chi connectivity index (χ0v) is 15.0. The Hall–Kier alpha value is -1.86. The van der Waals surface area contributed by atoms with Crippen molar-refractivity contribution in [1.29, 1.82) is 5.26 Å². The topological polar surface area (TPSA) is 47.3 Å². The smallest absolute Gasteiger partial charge is 0.0992 e. The zero-order valence-electron chi connectivity index (χ0n) is 14.3. The monoisotopic (exact) mass is 354 g/mol. The molecule has 0 unspecified atom stereocenters. The number of aliphatic hydroxyl groups excluding tert-OH is 1. The Labute approximate surface area is 154 Å². The highest BCUT2D eigenvalue weighted by molar-refractivity contribution is 6.31. The normalized spacial score (nSPS) is 15.9. The van der Waals surface area contributed by atoms with Gasteiger partial charge in [0.1, 0.15) is 0 Å². The lowest BCUT2D eigenvalue weighted by Gasteiger charge is -2.32. The van der Waals surface area contributed by atoms with Crippen LogP contribution in [0.4, 0.5) is 0 Å². The summed E-state index contributed by atoms with van der Waals surface area (Å²) in [7, 11) is 0. The molecule has 0 saturated carbocycles. The Kier molecular flexibility index (Phi) is 6.09. The fraction of sp³-hybridized carbons (Fsp3) is 0.381. The molecular weight excluding hydrogens is 332 g/mol. The summed E-state index contributed by atoms with van der Waals surface area (Å²) >= 11 is 6.30. The predicted molar refractivity (Wildman–Crippen MR) is 100 cm³/mol. The van der Waals surface area contributed by atoms with E-state index in [4.69, 9.17) is 16.9 Å². The largest absolute Gasteiger partial charge is 0.392 e. The van der Waals surface area contributed by atoms with Crippen molar-refractivity contribution in [3.8, 4) is 6.07 Å². The van der Waals surface area contributed by atoms with Crippen molar-refractivity contribution < 1.29 is 5.11 Å². The van der Waals surface area contributed by atoms with Crippen molar-refractivity contribution in [2.24, 2.45) is 5.92 Å². The molecule has 25 heavy (non-hydrogen) atoms. The summed E-state index contributed by atoms with van der Waals surface area (Å²) < 4.78 is 0. The molecule has 0 bridgehead atoms. The summed E-state index contributed by atoms with van der Waals surface area (Å²) in [5, 5.41) is 19.1. The SMILES string of the molecule is N#Cc1ccc(CN2CCC(Cc3ccccc3CO)CC2)c(Cl)c1. The summed E-state index contributed by atoms with van der Waals surface area (Å²) in [6, 6.07) is 15.8. The Morgan fingerprint density at radius 3 is 2.44 bits per heavy atom. The molecule has 1 N–H and O–H groups in total. The number of nitrogens with zero attached hydrogens (tertiary/aromatic N) is 2. The van der Waals surface area contributed by atoms with Crippen LogP contribution in [-0.2, 0) is 19.6 Å². The maximum absolute atomic E-state index is 9.48. The van der Waals surface area contributed by atoms with Crippen LogP contribution >= 0.6 is 11.6 Å². The molecule has 1 aliphatic rings. The number of hydrogen-bond acceptors (Lipinski definition) is 3. The Bertz CT molecular complexity index is 761. The van der Waals surface area contributed by atoms with E-state index < -0.39 is 0 Å². The molecule has 130 valence electrons. The second-order valence-corrected chi connectivity index (χ2v) is 7.18. The first-order valence-corrected chi connectivity index (χ1v) is 9.16. The van der Waals surface area contributed by atoms with Gasteiger partial charge < -0.3 is 5.11 Å². The van der Waals surface area contributed by atoms with Gasteiger partial charge >= 0.3 is 0 Å². The molecule has 0 amide bonds. The number of likely N-dealkylation sites (tertiary alicyclic amines) is 1. The van der Waals surface area contributed by atoms with Crippen LogP contribution in [0.3, 0.4) is 0 Å². The van der Waals surface area contributed by atoms with Gasteiger partial charge in [-0.2, -0.15) is 5.26 Å². The molecule has 1 aliphatic heterocycles. The number of rotatable bonds is 5. The first-order valence-electron chi connectivity index (χ1n) is 8.78. The van der Waals surface area contributed by atoms with Crippen molar-refractivity contribution >= 4 is 11.6 Å². The summed E-state index contributed by atoms with van der Waals surface area (Å²) in [5.41, 5.74) is 4.02. The fourth-order valence-corrected chi connectivity index (χ4v) is 3.80. The summed E-state index contributed by atoms with van der Waals surface area (Å²) in [6.45, 7) is 3.07. The molecular formula is C21H23ClN2O. The van der Waals surface area contributed by atoms with Crippen LogP contribution in [0.1, 0.15) is 35.1 Å². The Morgan fingerprint density at radius 2 is 1.80 bits per heavy atom. The number of halogens is 1. The van der Waals surface area contributed by atoms with Crippen LogP contribution in [0.25, 0.3) is 0 Å². The Balaban J connectivity index is 1.54. The van der Waals surface area contributed by atoms with E-state index in [0.29, 0.717) is 16.5 Å². The Morgan fingerprint density at radius 1 is 1.08 bits per heavy atom. The number of piperidine rings is 1. The van der Waals surface area contributed by atoms with E-state index in [1.165, 1.54) is 5.56 Å². The van der Waals surface area contributed by atoms with E-state index in [2.05, 4.69) is 23.1 Å². The number of benzene rings is 2. The van der Waals surface area contributed by atoms with Crippen molar-refractivity contribution in [2.45, 2.75) is 32.4 Å². The van der Waals surface area contributed by atoms with Crippen LogP contribution in [0.5, 0.6) is 0 Å². The summed E-state index contributed by atoms with van der Waals surface area (Å²) in [4.78, 5) is 2.43. The minimum Gasteiger partial charge on any atom is -0.392 e. The molecule has 0 atom stereocenters. The first-order chi connectivity index (χ1) is 12.2. The van der Waals surface area contributed by atoms with Crippen LogP contribution in [0.2, 0.25) is 5.02 Å². The molecule has 0 radical (unpaired) electrons. The molecule has 3 rings (SSSR count). The second-order valence-electron chi connectivity index (χ2n) is 6.77. The molecule has 0 spiro atoms. The molecule has 1 saturated heterocycles. The van der Waals surface area contributed by atoms with E-state index in [-0.39, 0.29) is 6.61 Å². The lowest BCUT2D eigenvalue weighted by molar-refractivity contribution is 0.176. The predicted octanol–water partition coefficient (Wildman–Crippen LogP) is 4.16. The third kappa shape index (κ3) is 4.61. The number of aliphatic hydroxyl groups is 1. The lowest BCUT2D eigenvalue weighted by atomic mass is 9.88. The maximum atomic E-state index is 9.48. The van der Waals surface area contributed by atoms with Crippen molar-refractivity contribution in [3.05, 3.63) is 69.7 Å². The van der Waals surface area contributed by atoms with Gasteiger partial charge in [0.05, 0.1) is 18.2 Å². The minimum absolute atomic E-state index is 0.117. The van der Waals surface area contributed by atoms with Gasteiger partial charge in [-0.25, -0.2) is 0 Å². The molecule has 1 heterocycles. The molecule has 0 aliphatic carbocycles. The van der Waals surface area contributed by atoms with Gasteiger partial charge in [0.25, 0.3) is 0 Å². The standard InChI is InChI=1S/C21H23ClN2O/c22-21-12-17(13-23)5-6-19(21)14-24-9-7-16(8-10-24)11-18-3-1-2-4-20(18)15-25/h1-6,12,16,25H,7-11,14-15H2. The molecule has 0 aromatic heterocycles. The highest BCUT2D eigenvalue weighted by atomic mass is 35.5. The second kappa shape index (κ2) is 8.49. The van der Waals surface area contributed by atoms with E-state index >= 15 is 0 Å². The maximum Gasteiger partial charge on any atom is 0.0992 e. The van der Waals surface area contributed by atoms with Crippen molar-refractivity contribution in [1.82, 2.24) is 4.90 Å². The molecule has 2 aromatic rings. The lowest BCUT2D eigenvalue weighted by Crippen LogP contribution is -2.34. The minimum atomic E-state index is 0.117. The quantitative estimate of drug-likeness (QED) is 0.877. The van der Waals surface area contributed by atoms with Gasteiger partial charge in [-0.15, -0.1) is 0 Å². The summed E-state index contributed by atoms with van der Waals surface area (Å²) in [6.07, 6.45) is 3.36. The molecule has 1 fully saturated rings. The highest BCUT2D eigenvalue weighted by Gasteiger charge is 2.21. The highest BCUT2D eigenvalue weighted by Crippen LogP contribution is 2.26. The third-order valence-corrected chi connectivity index (χ3v) is 5.43. The van der Waals surface area contributed by atoms with Gasteiger partial charge in [-0.05, 0) is 67.1 Å². The average Bonchev–Trinajstić information content (AvgIpc) is 2.65. The first kappa shape index (κ1) is 17.9. The van der Waals surface area contributed by atoms with Crippen molar-refractivity contribution in [2.75, 3.05) is 13.1 Å². The van der Waals surface area contributed by atoms with Crippen LogP contribution < -0.4 is 0 Å². The third-order valence-electron chi connectivity index (χ3n) is 5.08.